The van der Waals surface area contributed by atoms with Crippen LogP contribution in [0.25, 0.3) is 0 Å². The molecule has 0 unspecified atom stereocenters. The number of methoxy groups -OCH3 is 1. The van der Waals surface area contributed by atoms with Crippen LogP contribution >= 0.6 is 0 Å². The molecule has 148 valence electrons. The number of rotatable bonds is 6. The fourth-order valence-electron chi connectivity index (χ4n) is 4.68. The van der Waals surface area contributed by atoms with Gasteiger partial charge in [0.15, 0.2) is 0 Å². The smallest absolute Gasteiger partial charge is 0.251 e. The summed E-state index contributed by atoms with van der Waals surface area (Å²) in [6, 6.07) is 11.7. The molecule has 6 nitrogen and oxygen atoms in total. The van der Waals surface area contributed by atoms with Gasteiger partial charge in [0.2, 0.25) is 0 Å². The van der Waals surface area contributed by atoms with E-state index in [4.69, 9.17) is 9.47 Å². The number of aromatic nitrogens is 1. The highest BCUT2D eigenvalue weighted by atomic mass is 16.5. The minimum absolute atomic E-state index is 0.0915. The van der Waals surface area contributed by atoms with Crippen molar-refractivity contribution in [2.45, 2.75) is 30.4 Å². The van der Waals surface area contributed by atoms with Crippen LogP contribution in [0.5, 0.6) is 0 Å². The Labute approximate surface area is 165 Å². The first-order valence-electron chi connectivity index (χ1n) is 9.88. The van der Waals surface area contributed by atoms with Crippen LogP contribution in [0.3, 0.4) is 0 Å². The Bertz CT molecular complexity index is 806. The first-order chi connectivity index (χ1) is 13.8. The molecule has 2 aliphatic rings. The molecule has 2 N–H and O–H groups in total. The van der Waals surface area contributed by atoms with E-state index in [2.05, 4.69) is 33.8 Å². The fourth-order valence-corrected chi connectivity index (χ4v) is 4.68. The van der Waals surface area contributed by atoms with Crippen molar-refractivity contribution in [2.75, 3.05) is 33.4 Å². The standard InChI is InChI=1S/C22H27N3O3/c1-27-14-15-28-20-19(25-21(26)16-6-10-23-11-7-16)17-4-2-3-5-18(17)22(20)8-12-24-13-9-22/h2-7,10-11,19-20,24H,8-9,12-15H2,1H3,(H,25,26)/t19-,20+/m0/s1. The van der Waals surface area contributed by atoms with Crippen molar-refractivity contribution < 1.29 is 14.3 Å². The molecule has 0 bridgehead atoms. The van der Waals surface area contributed by atoms with E-state index < -0.39 is 0 Å². The molecule has 2 atom stereocenters. The first kappa shape index (κ1) is 19.1. The van der Waals surface area contributed by atoms with Crippen LogP contribution < -0.4 is 10.6 Å². The van der Waals surface area contributed by atoms with Gasteiger partial charge in [-0.2, -0.15) is 0 Å². The number of benzene rings is 1. The molecule has 1 aliphatic heterocycles. The van der Waals surface area contributed by atoms with Crippen LogP contribution in [0, 0.1) is 0 Å². The second-order valence-corrected chi connectivity index (χ2v) is 7.46. The summed E-state index contributed by atoms with van der Waals surface area (Å²) in [5.41, 5.74) is 2.98. The number of nitrogens with zero attached hydrogens (tertiary/aromatic N) is 1. The maximum absolute atomic E-state index is 12.9. The van der Waals surface area contributed by atoms with Crippen LogP contribution in [-0.2, 0) is 14.9 Å². The molecule has 1 fully saturated rings. The predicted octanol–water partition coefficient (Wildman–Crippen LogP) is 2.22. The minimum atomic E-state index is -0.188. The number of pyridine rings is 1. The molecular weight excluding hydrogens is 354 g/mol. The van der Waals surface area contributed by atoms with Crippen LogP contribution in [0.15, 0.2) is 48.8 Å². The summed E-state index contributed by atoms with van der Waals surface area (Å²) >= 11 is 0. The molecule has 0 saturated carbocycles. The van der Waals surface area contributed by atoms with Gasteiger partial charge in [-0.3, -0.25) is 9.78 Å². The third kappa shape index (κ3) is 3.43. The van der Waals surface area contributed by atoms with Crippen molar-refractivity contribution in [1.82, 2.24) is 15.6 Å². The molecule has 2 aromatic rings. The zero-order valence-electron chi connectivity index (χ0n) is 16.2. The SMILES string of the molecule is COCCO[C@@H]1[C@@H](NC(=O)c2ccncc2)c2ccccc2C12CCNCC2. The average Bonchev–Trinajstić information content (AvgIpc) is 2.99. The Balaban J connectivity index is 1.68. The van der Waals surface area contributed by atoms with E-state index in [0.717, 1.165) is 31.5 Å². The van der Waals surface area contributed by atoms with Crippen molar-refractivity contribution in [3.05, 3.63) is 65.5 Å². The van der Waals surface area contributed by atoms with Gasteiger partial charge in [-0.25, -0.2) is 0 Å². The molecule has 1 saturated heterocycles. The normalized spacial score (nSPS) is 22.8. The number of piperidine rings is 1. The molecule has 1 aliphatic carbocycles. The highest BCUT2D eigenvalue weighted by Gasteiger charge is 2.53. The topological polar surface area (TPSA) is 72.5 Å². The Hall–Kier alpha value is -2.28. The Kier molecular flexibility index (Phi) is 5.71. The van der Waals surface area contributed by atoms with Gasteiger partial charge in [0.1, 0.15) is 0 Å². The van der Waals surface area contributed by atoms with E-state index in [1.54, 1.807) is 31.6 Å². The highest BCUT2D eigenvalue weighted by molar-refractivity contribution is 5.94. The van der Waals surface area contributed by atoms with E-state index in [-0.39, 0.29) is 23.5 Å². The van der Waals surface area contributed by atoms with Crippen molar-refractivity contribution in [3.63, 3.8) is 0 Å². The maximum atomic E-state index is 12.9. The van der Waals surface area contributed by atoms with Crippen molar-refractivity contribution in [1.29, 1.82) is 0 Å². The van der Waals surface area contributed by atoms with Crippen LogP contribution in [-0.4, -0.2) is 50.4 Å². The van der Waals surface area contributed by atoms with Crippen LogP contribution in [0.1, 0.15) is 40.4 Å². The summed E-state index contributed by atoms with van der Waals surface area (Å²) in [7, 11) is 1.68. The lowest BCUT2D eigenvalue weighted by molar-refractivity contribution is -0.0437. The third-order valence-electron chi connectivity index (χ3n) is 5.99. The summed E-state index contributed by atoms with van der Waals surface area (Å²) in [6.45, 7) is 2.94. The number of hydrogen-bond donors (Lipinski definition) is 2. The number of ether oxygens (including phenoxy) is 2. The first-order valence-corrected chi connectivity index (χ1v) is 9.88. The van der Waals surface area contributed by atoms with E-state index in [1.165, 1.54) is 5.56 Å². The lowest BCUT2D eigenvalue weighted by Gasteiger charge is -2.41. The Morgan fingerprint density at radius 3 is 2.68 bits per heavy atom. The second-order valence-electron chi connectivity index (χ2n) is 7.46. The monoisotopic (exact) mass is 381 g/mol. The Morgan fingerprint density at radius 1 is 1.18 bits per heavy atom. The largest absolute Gasteiger partial charge is 0.382 e. The fraction of sp³-hybridized carbons (Fsp3) is 0.455. The molecule has 2 heterocycles. The molecule has 1 aromatic carbocycles. The van der Waals surface area contributed by atoms with E-state index in [9.17, 15) is 4.79 Å². The molecule has 1 amide bonds. The van der Waals surface area contributed by atoms with E-state index in [0.29, 0.717) is 18.8 Å². The maximum Gasteiger partial charge on any atom is 0.251 e. The molecule has 0 radical (unpaired) electrons. The molecule has 6 heteroatoms. The van der Waals surface area contributed by atoms with Gasteiger partial charge in [0.25, 0.3) is 5.91 Å². The van der Waals surface area contributed by atoms with Gasteiger partial charge < -0.3 is 20.1 Å². The quantitative estimate of drug-likeness (QED) is 0.751. The van der Waals surface area contributed by atoms with Gasteiger partial charge in [-0.15, -0.1) is 0 Å². The zero-order chi connectivity index (χ0) is 19.4. The van der Waals surface area contributed by atoms with Crippen LogP contribution in [0.4, 0.5) is 0 Å². The molecule has 1 spiro atoms. The van der Waals surface area contributed by atoms with E-state index >= 15 is 0 Å². The van der Waals surface area contributed by atoms with Gasteiger partial charge in [0, 0.05) is 30.5 Å². The summed E-state index contributed by atoms with van der Waals surface area (Å²) in [6.07, 6.45) is 5.14. The highest BCUT2D eigenvalue weighted by Crippen LogP contribution is 2.51. The summed E-state index contributed by atoms with van der Waals surface area (Å²) in [5.74, 6) is -0.103. The van der Waals surface area contributed by atoms with Crippen molar-refractivity contribution in [2.24, 2.45) is 0 Å². The van der Waals surface area contributed by atoms with Crippen molar-refractivity contribution in [3.8, 4) is 0 Å². The third-order valence-corrected chi connectivity index (χ3v) is 5.99. The number of fused-ring (bicyclic) bond motifs is 2. The lowest BCUT2D eigenvalue weighted by Crippen LogP contribution is -2.50. The molecule has 28 heavy (non-hydrogen) atoms. The molecule has 1 aromatic heterocycles. The molecular formula is C22H27N3O3. The number of nitrogens with one attached hydrogen (secondary N) is 2. The number of amides is 1. The van der Waals surface area contributed by atoms with Gasteiger partial charge in [-0.1, -0.05) is 24.3 Å². The summed E-state index contributed by atoms with van der Waals surface area (Å²) in [4.78, 5) is 16.9. The Morgan fingerprint density at radius 2 is 1.93 bits per heavy atom. The summed E-state index contributed by atoms with van der Waals surface area (Å²) < 4.78 is 11.6. The van der Waals surface area contributed by atoms with E-state index in [1.807, 2.05) is 6.07 Å². The zero-order valence-corrected chi connectivity index (χ0v) is 16.2. The van der Waals surface area contributed by atoms with Gasteiger partial charge in [0.05, 0.1) is 25.4 Å². The summed E-state index contributed by atoms with van der Waals surface area (Å²) in [5, 5.41) is 6.71. The predicted molar refractivity (Wildman–Crippen MR) is 106 cm³/mol. The molecule has 4 rings (SSSR count). The second kappa shape index (κ2) is 8.39. The van der Waals surface area contributed by atoms with Crippen molar-refractivity contribution >= 4 is 5.91 Å². The van der Waals surface area contributed by atoms with Gasteiger partial charge in [-0.05, 0) is 49.2 Å². The number of carbonyl (C=O) groups is 1. The van der Waals surface area contributed by atoms with Gasteiger partial charge >= 0.3 is 0 Å². The minimum Gasteiger partial charge on any atom is -0.382 e. The average molecular weight is 381 g/mol. The number of hydrogen-bond acceptors (Lipinski definition) is 5. The number of carbonyl (C=O) groups excluding carboxylic acids is 1. The van der Waals surface area contributed by atoms with Crippen LogP contribution in [0.2, 0.25) is 0 Å². The lowest BCUT2D eigenvalue weighted by atomic mass is 9.72.